The summed E-state index contributed by atoms with van der Waals surface area (Å²) in [5, 5.41) is 11.9. The molecule has 0 unspecified atom stereocenters. The van der Waals surface area contributed by atoms with Gasteiger partial charge in [0, 0.05) is 16.3 Å². The van der Waals surface area contributed by atoms with Gasteiger partial charge in [0.15, 0.2) is 0 Å². The fraction of sp³-hybridized carbons (Fsp3) is 0. The first-order valence-electron chi connectivity index (χ1n) is 7.60. The van der Waals surface area contributed by atoms with Gasteiger partial charge in [-0.15, -0.1) is 0 Å². The van der Waals surface area contributed by atoms with Gasteiger partial charge in [0.1, 0.15) is 15.5 Å². The average Bonchev–Trinajstić information content (AvgIpc) is 2.60. The zero-order chi connectivity index (χ0) is 20.7. The minimum absolute atomic E-state index is 0.145. The molecule has 0 aliphatic heterocycles. The molecule has 0 aliphatic rings. The summed E-state index contributed by atoms with van der Waals surface area (Å²) in [4.78, 5) is 10.6. The van der Waals surface area contributed by atoms with Crippen LogP contribution in [0, 0.1) is 0 Å². The molecule has 0 radical (unpaired) electrons. The van der Waals surface area contributed by atoms with Gasteiger partial charge in [0.2, 0.25) is 0 Å². The lowest BCUT2D eigenvalue weighted by atomic mass is 10.1. The van der Waals surface area contributed by atoms with Gasteiger partial charge < -0.3 is 10.4 Å². The number of hydrogen-bond donors (Lipinski definition) is 4. The SMILES string of the molecule is O=C(Nc1c(S(=O)(=O)O)cc(S(=O)(=O)O)c2cccc(O)c12)c1ccccc1. The number of carbonyl (C=O) groups excluding carboxylic acids is 1. The summed E-state index contributed by atoms with van der Waals surface area (Å²) >= 11 is 0. The zero-order valence-corrected chi connectivity index (χ0v) is 15.5. The van der Waals surface area contributed by atoms with Crippen LogP contribution in [0.5, 0.6) is 5.75 Å². The van der Waals surface area contributed by atoms with Crippen molar-refractivity contribution >= 4 is 42.6 Å². The molecule has 0 aliphatic carbocycles. The van der Waals surface area contributed by atoms with Crippen molar-refractivity contribution in [2.75, 3.05) is 5.32 Å². The second-order valence-electron chi connectivity index (χ2n) is 5.72. The van der Waals surface area contributed by atoms with Crippen LogP contribution >= 0.6 is 0 Å². The van der Waals surface area contributed by atoms with Gasteiger partial charge >= 0.3 is 0 Å². The molecule has 0 aromatic heterocycles. The van der Waals surface area contributed by atoms with E-state index in [1.54, 1.807) is 18.2 Å². The molecule has 1 amide bonds. The van der Waals surface area contributed by atoms with E-state index in [0.29, 0.717) is 6.07 Å². The van der Waals surface area contributed by atoms with E-state index >= 15 is 0 Å². The molecule has 3 aromatic carbocycles. The molecular formula is C17H13NO8S2. The largest absolute Gasteiger partial charge is 0.507 e. The highest BCUT2D eigenvalue weighted by atomic mass is 32.2. The van der Waals surface area contributed by atoms with Gasteiger partial charge in [-0.1, -0.05) is 30.3 Å². The van der Waals surface area contributed by atoms with Crippen LogP contribution in [-0.4, -0.2) is 37.0 Å². The fourth-order valence-corrected chi connectivity index (χ4v) is 4.18. The normalized spacial score (nSPS) is 12.1. The Bertz CT molecular complexity index is 1300. The quantitative estimate of drug-likeness (QED) is 0.465. The molecule has 11 heteroatoms. The van der Waals surface area contributed by atoms with Crippen LogP contribution in [0.1, 0.15) is 10.4 Å². The number of rotatable bonds is 4. The number of hydrogen-bond acceptors (Lipinski definition) is 6. The number of nitrogens with one attached hydrogen (secondary N) is 1. The van der Waals surface area contributed by atoms with Gasteiger partial charge in [-0.3, -0.25) is 13.9 Å². The molecule has 0 saturated carbocycles. The Kier molecular flexibility index (Phi) is 4.85. The number of phenols is 1. The number of aromatic hydroxyl groups is 1. The Morgan fingerprint density at radius 3 is 2.00 bits per heavy atom. The van der Waals surface area contributed by atoms with Crippen molar-refractivity contribution in [3.63, 3.8) is 0 Å². The van der Waals surface area contributed by atoms with Crippen LogP contribution in [0.25, 0.3) is 10.8 Å². The maximum absolute atomic E-state index is 12.5. The molecule has 0 spiro atoms. The van der Waals surface area contributed by atoms with E-state index in [-0.39, 0.29) is 16.3 Å². The fourth-order valence-electron chi connectivity index (χ4n) is 2.72. The van der Waals surface area contributed by atoms with Crippen molar-refractivity contribution < 1.29 is 35.8 Å². The first kappa shape index (κ1) is 19.8. The lowest BCUT2D eigenvalue weighted by molar-refractivity contribution is 0.102. The highest BCUT2D eigenvalue weighted by Crippen LogP contribution is 2.40. The highest BCUT2D eigenvalue weighted by molar-refractivity contribution is 7.87. The zero-order valence-electron chi connectivity index (χ0n) is 13.9. The molecule has 0 bridgehead atoms. The van der Waals surface area contributed by atoms with Crippen molar-refractivity contribution in [2.24, 2.45) is 0 Å². The standard InChI is InChI=1S/C17H13NO8S2/c19-12-8-4-7-11-13(27(21,22)23)9-14(28(24,25)26)16(15(11)12)18-17(20)10-5-2-1-3-6-10/h1-9,19H,(H,18,20)(H,21,22,23)(H,24,25,26). The lowest BCUT2D eigenvalue weighted by Crippen LogP contribution is -2.16. The summed E-state index contributed by atoms with van der Waals surface area (Å²) in [6.45, 7) is 0. The molecule has 0 atom stereocenters. The number of anilines is 1. The predicted octanol–water partition coefficient (Wildman–Crippen LogP) is 2.29. The molecule has 3 aromatic rings. The smallest absolute Gasteiger partial charge is 0.296 e. The second-order valence-corrected chi connectivity index (χ2v) is 8.50. The third-order valence-corrected chi connectivity index (χ3v) is 5.67. The van der Waals surface area contributed by atoms with E-state index in [2.05, 4.69) is 5.32 Å². The van der Waals surface area contributed by atoms with Crippen molar-refractivity contribution in [3.8, 4) is 5.75 Å². The maximum Gasteiger partial charge on any atom is 0.296 e. The maximum atomic E-state index is 12.5. The lowest BCUT2D eigenvalue weighted by Gasteiger charge is -2.16. The minimum atomic E-state index is -5.05. The van der Waals surface area contributed by atoms with E-state index in [1.165, 1.54) is 24.3 Å². The molecular weight excluding hydrogens is 410 g/mol. The van der Waals surface area contributed by atoms with Gasteiger partial charge in [0.05, 0.1) is 5.69 Å². The molecule has 146 valence electrons. The summed E-state index contributed by atoms with van der Waals surface area (Å²) in [7, 11) is -9.98. The molecule has 0 heterocycles. The number of amides is 1. The van der Waals surface area contributed by atoms with Crippen LogP contribution in [0.4, 0.5) is 5.69 Å². The van der Waals surface area contributed by atoms with Gasteiger partial charge in [0.25, 0.3) is 26.1 Å². The molecule has 28 heavy (non-hydrogen) atoms. The topological polar surface area (TPSA) is 158 Å². The molecule has 0 fully saturated rings. The minimum Gasteiger partial charge on any atom is -0.507 e. The van der Waals surface area contributed by atoms with Crippen molar-refractivity contribution in [2.45, 2.75) is 9.79 Å². The number of carbonyl (C=O) groups is 1. The third-order valence-electron chi connectivity index (χ3n) is 3.90. The summed E-state index contributed by atoms with van der Waals surface area (Å²) in [5.41, 5.74) is -0.386. The van der Waals surface area contributed by atoms with Gasteiger partial charge in [-0.05, 0) is 24.3 Å². The third kappa shape index (κ3) is 3.68. The van der Waals surface area contributed by atoms with E-state index in [0.717, 1.165) is 6.07 Å². The van der Waals surface area contributed by atoms with Crippen LogP contribution in [0.3, 0.4) is 0 Å². The van der Waals surface area contributed by atoms with Crippen molar-refractivity contribution in [3.05, 3.63) is 60.2 Å². The molecule has 9 nitrogen and oxygen atoms in total. The highest BCUT2D eigenvalue weighted by Gasteiger charge is 2.27. The summed E-state index contributed by atoms with van der Waals surface area (Å²) in [5.74, 6) is -1.34. The van der Waals surface area contributed by atoms with Gasteiger partial charge in [-0.25, -0.2) is 0 Å². The first-order chi connectivity index (χ1) is 13.0. The van der Waals surface area contributed by atoms with Crippen molar-refractivity contribution in [1.29, 1.82) is 0 Å². The Hall–Kier alpha value is -2.99. The van der Waals surface area contributed by atoms with Crippen LogP contribution in [0.15, 0.2) is 64.4 Å². The Morgan fingerprint density at radius 2 is 1.43 bits per heavy atom. The summed E-state index contributed by atoms with van der Waals surface area (Å²) < 4.78 is 66.1. The predicted molar refractivity (Wildman–Crippen MR) is 99.6 cm³/mol. The average molecular weight is 423 g/mol. The Labute approximate surface area is 159 Å². The van der Waals surface area contributed by atoms with Gasteiger partial charge in [-0.2, -0.15) is 16.8 Å². The summed E-state index contributed by atoms with van der Waals surface area (Å²) in [6.07, 6.45) is 0. The van der Waals surface area contributed by atoms with Crippen molar-refractivity contribution in [1.82, 2.24) is 0 Å². The van der Waals surface area contributed by atoms with E-state index in [4.69, 9.17) is 0 Å². The summed E-state index contributed by atoms with van der Waals surface area (Å²) in [6, 6.07) is 11.8. The molecule has 0 saturated heterocycles. The van der Waals surface area contributed by atoms with Crippen LogP contribution < -0.4 is 5.32 Å². The molecule has 4 N–H and O–H groups in total. The number of fused-ring (bicyclic) bond motifs is 1. The number of benzene rings is 3. The van der Waals surface area contributed by atoms with E-state index in [1.807, 2.05) is 0 Å². The first-order valence-corrected chi connectivity index (χ1v) is 10.5. The van der Waals surface area contributed by atoms with Crippen LogP contribution in [-0.2, 0) is 20.2 Å². The molecule has 3 rings (SSSR count). The van der Waals surface area contributed by atoms with E-state index in [9.17, 15) is 35.8 Å². The Balaban J connectivity index is 2.40. The van der Waals surface area contributed by atoms with E-state index < -0.39 is 47.4 Å². The monoisotopic (exact) mass is 423 g/mol. The van der Waals surface area contributed by atoms with Crippen LogP contribution in [0.2, 0.25) is 0 Å². The Morgan fingerprint density at radius 1 is 0.821 bits per heavy atom. The number of phenolic OH excluding ortho intramolecular Hbond substituents is 1. The second kappa shape index (κ2) is 6.87.